The van der Waals surface area contributed by atoms with E-state index in [4.69, 9.17) is 0 Å². The van der Waals surface area contributed by atoms with Crippen LogP contribution >= 0.6 is 0 Å². The van der Waals surface area contributed by atoms with Gasteiger partial charge >= 0.3 is 0 Å². The van der Waals surface area contributed by atoms with E-state index in [0.29, 0.717) is 0 Å². The first kappa shape index (κ1) is 36.1. The summed E-state index contributed by atoms with van der Waals surface area (Å²) in [4.78, 5) is 2.41. The predicted octanol–water partition coefficient (Wildman–Crippen LogP) is 17.0. The molecule has 0 fully saturated rings. The fourth-order valence-electron chi connectivity index (χ4n) is 9.14. The lowest BCUT2D eigenvalue weighted by Gasteiger charge is -2.28. The number of hydrogen-bond donors (Lipinski definition) is 0. The Kier molecular flexibility index (Phi) is 9.26. The maximum Gasteiger partial charge on any atom is 0.0540 e. The zero-order valence-electron chi connectivity index (χ0n) is 33.6. The molecule has 1 heteroatoms. The highest BCUT2D eigenvalue weighted by molar-refractivity contribution is 6.11. The van der Waals surface area contributed by atoms with E-state index in [1.54, 1.807) is 0 Å². The largest absolute Gasteiger partial charge is 0.310 e. The second-order valence-corrected chi connectivity index (χ2v) is 15.7. The predicted molar refractivity (Wildman–Crippen MR) is 261 cm³/mol. The normalized spacial score (nSPS) is 11.3. The van der Waals surface area contributed by atoms with E-state index < -0.39 is 0 Å². The Labute approximate surface area is 357 Å². The Morgan fingerprint density at radius 1 is 0.230 bits per heavy atom. The summed E-state index contributed by atoms with van der Waals surface area (Å²) >= 11 is 0. The number of nitrogens with zero attached hydrogens (tertiary/aromatic N) is 1. The second-order valence-electron chi connectivity index (χ2n) is 15.7. The van der Waals surface area contributed by atoms with Crippen molar-refractivity contribution < 1.29 is 0 Å². The summed E-state index contributed by atoms with van der Waals surface area (Å²) in [6.45, 7) is 0. The molecule has 0 aromatic heterocycles. The highest BCUT2D eigenvalue weighted by Crippen LogP contribution is 2.44. The lowest BCUT2D eigenvalue weighted by molar-refractivity contribution is 1.30. The van der Waals surface area contributed by atoms with Gasteiger partial charge < -0.3 is 4.90 Å². The first-order chi connectivity index (χ1) is 30.3. The lowest BCUT2D eigenvalue weighted by Crippen LogP contribution is -2.10. The molecule has 0 atom stereocenters. The molecule has 0 aliphatic rings. The Morgan fingerprint density at radius 3 is 1.36 bits per heavy atom. The number of rotatable bonds is 8. The van der Waals surface area contributed by atoms with Crippen molar-refractivity contribution in [1.82, 2.24) is 0 Å². The van der Waals surface area contributed by atoms with Crippen LogP contribution in [0.1, 0.15) is 0 Å². The molecule has 11 aromatic rings. The highest BCUT2D eigenvalue weighted by atomic mass is 15.1. The number of fused-ring (bicyclic) bond motifs is 3. The number of hydrogen-bond acceptors (Lipinski definition) is 1. The van der Waals surface area contributed by atoms with E-state index in [2.05, 4.69) is 254 Å². The molecule has 1 nitrogen and oxygen atoms in total. The summed E-state index contributed by atoms with van der Waals surface area (Å²) in [7, 11) is 0. The van der Waals surface area contributed by atoms with Crippen molar-refractivity contribution in [1.29, 1.82) is 0 Å². The SMILES string of the molecule is c1ccc(-c2ccc(N(c3ccc(-c4cccc(-c5cccc6cccc(-c7ccccc7)c56)c4)cc3)c3ccc(-c4cccc5ccccc45)c4ccccc34)cc2)cc1. The lowest BCUT2D eigenvalue weighted by atomic mass is 9.90. The smallest absolute Gasteiger partial charge is 0.0540 e. The van der Waals surface area contributed by atoms with Crippen LogP contribution in [0.5, 0.6) is 0 Å². The maximum absolute atomic E-state index is 2.41. The number of benzene rings is 11. The molecule has 0 unspecified atom stereocenters. The molecule has 11 aromatic carbocycles. The summed E-state index contributed by atoms with van der Waals surface area (Å²) < 4.78 is 0. The molecule has 11 rings (SSSR count). The third-order valence-electron chi connectivity index (χ3n) is 12.1. The van der Waals surface area contributed by atoms with E-state index in [1.807, 2.05) is 0 Å². The van der Waals surface area contributed by atoms with Crippen LogP contribution in [0.3, 0.4) is 0 Å². The van der Waals surface area contributed by atoms with Crippen molar-refractivity contribution in [3.8, 4) is 55.6 Å². The molecule has 0 spiro atoms. The van der Waals surface area contributed by atoms with Crippen molar-refractivity contribution in [3.63, 3.8) is 0 Å². The molecular weight excluding hydrogens is 735 g/mol. The first-order valence-electron chi connectivity index (χ1n) is 21.0. The van der Waals surface area contributed by atoms with Gasteiger partial charge in [0.15, 0.2) is 0 Å². The van der Waals surface area contributed by atoms with E-state index in [1.165, 1.54) is 88.0 Å². The summed E-state index contributed by atoms with van der Waals surface area (Å²) in [6, 6.07) is 90.4. The molecule has 0 radical (unpaired) electrons. The Hall–Kier alpha value is -8.00. The maximum atomic E-state index is 2.41. The van der Waals surface area contributed by atoms with Crippen molar-refractivity contribution >= 4 is 49.4 Å². The fourth-order valence-corrected chi connectivity index (χ4v) is 9.14. The van der Waals surface area contributed by atoms with Crippen LogP contribution in [0, 0.1) is 0 Å². The van der Waals surface area contributed by atoms with Gasteiger partial charge in [-0.2, -0.15) is 0 Å². The summed E-state index contributed by atoms with van der Waals surface area (Å²) in [6.07, 6.45) is 0. The van der Waals surface area contributed by atoms with Crippen LogP contribution in [0.2, 0.25) is 0 Å². The van der Waals surface area contributed by atoms with Gasteiger partial charge in [-0.05, 0) is 119 Å². The van der Waals surface area contributed by atoms with Crippen LogP contribution in [-0.2, 0) is 0 Å². The topological polar surface area (TPSA) is 3.24 Å². The molecule has 61 heavy (non-hydrogen) atoms. The van der Waals surface area contributed by atoms with Crippen LogP contribution in [0.15, 0.2) is 249 Å². The molecular formula is C60H41N. The third kappa shape index (κ3) is 6.73. The number of anilines is 3. The van der Waals surface area contributed by atoms with Gasteiger partial charge in [0.05, 0.1) is 5.69 Å². The van der Waals surface area contributed by atoms with Crippen molar-refractivity contribution in [2.75, 3.05) is 4.90 Å². The first-order valence-corrected chi connectivity index (χ1v) is 21.0. The quantitative estimate of drug-likeness (QED) is 0.149. The minimum absolute atomic E-state index is 1.09. The second kappa shape index (κ2) is 15.6. The molecule has 0 aliphatic carbocycles. The van der Waals surface area contributed by atoms with Gasteiger partial charge in [0.2, 0.25) is 0 Å². The fraction of sp³-hybridized carbons (Fsp3) is 0. The zero-order chi connectivity index (χ0) is 40.5. The van der Waals surface area contributed by atoms with Crippen LogP contribution in [-0.4, -0.2) is 0 Å². The van der Waals surface area contributed by atoms with E-state index in [-0.39, 0.29) is 0 Å². The Balaban J connectivity index is 1.02. The van der Waals surface area contributed by atoms with Crippen molar-refractivity contribution in [2.24, 2.45) is 0 Å². The van der Waals surface area contributed by atoms with Crippen LogP contribution < -0.4 is 4.90 Å². The molecule has 0 saturated carbocycles. The van der Waals surface area contributed by atoms with Gasteiger partial charge in [0.25, 0.3) is 0 Å². The molecule has 0 bridgehead atoms. The van der Waals surface area contributed by atoms with Crippen LogP contribution in [0.4, 0.5) is 17.1 Å². The monoisotopic (exact) mass is 775 g/mol. The van der Waals surface area contributed by atoms with Gasteiger partial charge in [0.1, 0.15) is 0 Å². The molecule has 0 heterocycles. The molecule has 0 aliphatic heterocycles. The van der Waals surface area contributed by atoms with Gasteiger partial charge in [0, 0.05) is 16.8 Å². The average molecular weight is 776 g/mol. The molecule has 0 amide bonds. The highest BCUT2D eigenvalue weighted by Gasteiger charge is 2.19. The summed E-state index contributed by atoms with van der Waals surface area (Å²) in [5, 5.41) is 7.43. The minimum atomic E-state index is 1.09. The summed E-state index contributed by atoms with van der Waals surface area (Å²) in [5.74, 6) is 0. The standard InChI is InChI=1S/C60H41N/c1-3-15-42(16-4-1)43-31-35-50(36-32-43)61(59-40-39-57(56-26-9-10-27-58(56)59)55-30-12-20-45-19-7-8-25-52(45)55)51-37-33-44(34-38-51)48-23-11-24-49(41-48)54-29-14-22-47-21-13-28-53(60(47)54)46-17-5-2-6-18-46/h1-41H. The third-order valence-corrected chi connectivity index (χ3v) is 12.1. The Bertz CT molecular complexity index is 3320. The molecule has 0 saturated heterocycles. The van der Waals surface area contributed by atoms with Gasteiger partial charge in [-0.15, -0.1) is 0 Å². The van der Waals surface area contributed by atoms with Gasteiger partial charge in [-0.25, -0.2) is 0 Å². The van der Waals surface area contributed by atoms with Crippen molar-refractivity contribution in [3.05, 3.63) is 249 Å². The molecule has 0 N–H and O–H groups in total. The van der Waals surface area contributed by atoms with E-state index >= 15 is 0 Å². The van der Waals surface area contributed by atoms with Crippen LogP contribution in [0.25, 0.3) is 88.0 Å². The minimum Gasteiger partial charge on any atom is -0.310 e. The van der Waals surface area contributed by atoms with Gasteiger partial charge in [-0.1, -0.05) is 212 Å². The summed E-state index contributed by atoms with van der Waals surface area (Å²) in [5.41, 5.74) is 15.5. The van der Waals surface area contributed by atoms with Gasteiger partial charge in [-0.3, -0.25) is 0 Å². The van der Waals surface area contributed by atoms with E-state index in [9.17, 15) is 0 Å². The van der Waals surface area contributed by atoms with E-state index in [0.717, 1.165) is 17.1 Å². The zero-order valence-corrected chi connectivity index (χ0v) is 33.6. The molecule has 286 valence electrons. The van der Waals surface area contributed by atoms with Crippen molar-refractivity contribution in [2.45, 2.75) is 0 Å². The average Bonchev–Trinajstić information content (AvgIpc) is 3.34. The Morgan fingerprint density at radius 2 is 0.672 bits per heavy atom.